The van der Waals surface area contributed by atoms with E-state index in [2.05, 4.69) is 19.2 Å². The van der Waals surface area contributed by atoms with Crippen LogP contribution in [0.2, 0.25) is 0 Å². The molecular formula is C11H25NO2. The fourth-order valence-electron chi connectivity index (χ4n) is 1.19. The minimum Gasteiger partial charge on any atom is -0.382 e. The van der Waals surface area contributed by atoms with E-state index in [9.17, 15) is 0 Å². The molecule has 0 heterocycles. The van der Waals surface area contributed by atoms with Gasteiger partial charge in [0.1, 0.15) is 0 Å². The van der Waals surface area contributed by atoms with Crippen molar-refractivity contribution in [2.75, 3.05) is 26.9 Å². The molecule has 0 spiro atoms. The fraction of sp³-hybridized carbons (Fsp3) is 1.00. The Morgan fingerprint density at radius 1 is 1.14 bits per heavy atom. The topological polar surface area (TPSA) is 30.5 Å². The SMILES string of the molecule is COCC(C)OCCCCNC(C)C. The Bertz CT molecular complexity index is 118. The van der Waals surface area contributed by atoms with Gasteiger partial charge in [0.05, 0.1) is 12.7 Å². The average Bonchev–Trinajstić information content (AvgIpc) is 2.11. The Morgan fingerprint density at radius 2 is 1.86 bits per heavy atom. The first-order valence-corrected chi connectivity index (χ1v) is 5.50. The second-order valence-electron chi connectivity index (χ2n) is 3.95. The van der Waals surface area contributed by atoms with Crippen LogP contribution in [-0.4, -0.2) is 39.0 Å². The van der Waals surface area contributed by atoms with Crippen LogP contribution < -0.4 is 5.32 Å². The molecule has 0 aromatic rings. The van der Waals surface area contributed by atoms with Crippen LogP contribution >= 0.6 is 0 Å². The number of hydrogen-bond acceptors (Lipinski definition) is 3. The van der Waals surface area contributed by atoms with Crippen LogP contribution in [0.1, 0.15) is 33.6 Å². The predicted octanol–water partition coefficient (Wildman–Crippen LogP) is 1.82. The summed E-state index contributed by atoms with van der Waals surface area (Å²) in [4.78, 5) is 0. The van der Waals surface area contributed by atoms with Crippen LogP contribution in [0.25, 0.3) is 0 Å². The van der Waals surface area contributed by atoms with Crippen LogP contribution in [0, 0.1) is 0 Å². The van der Waals surface area contributed by atoms with Crippen molar-refractivity contribution >= 4 is 0 Å². The maximum atomic E-state index is 5.54. The van der Waals surface area contributed by atoms with E-state index < -0.39 is 0 Å². The highest BCUT2D eigenvalue weighted by atomic mass is 16.5. The fourth-order valence-corrected chi connectivity index (χ4v) is 1.19. The molecule has 0 aromatic carbocycles. The molecule has 0 aromatic heterocycles. The zero-order valence-corrected chi connectivity index (χ0v) is 10.0. The number of unbranched alkanes of at least 4 members (excludes halogenated alkanes) is 1. The standard InChI is InChI=1S/C11H25NO2/c1-10(2)12-7-5-6-8-14-11(3)9-13-4/h10-12H,5-9H2,1-4H3. The van der Waals surface area contributed by atoms with Crippen molar-refractivity contribution in [1.29, 1.82) is 0 Å². The molecule has 0 saturated heterocycles. The normalized spacial score (nSPS) is 13.5. The van der Waals surface area contributed by atoms with Gasteiger partial charge in [0.25, 0.3) is 0 Å². The predicted molar refractivity (Wildman–Crippen MR) is 59.7 cm³/mol. The molecule has 14 heavy (non-hydrogen) atoms. The second kappa shape index (κ2) is 9.44. The van der Waals surface area contributed by atoms with Gasteiger partial charge in [-0.3, -0.25) is 0 Å². The van der Waals surface area contributed by atoms with Gasteiger partial charge in [-0.2, -0.15) is 0 Å². The Morgan fingerprint density at radius 3 is 2.43 bits per heavy atom. The van der Waals surface area contributed by atoms with Crippen LogP contribution in [0.15, 0.2) is 0 Å². The van der Waals surface area contributed by atoms with E-state index in [0.717, 1.165) is 19.6 Å². The molecule has 3 heteroatoms. The quantitative estimate of drug-likeness (QED) is 0.580. The molecule has 0 bridgehead atoms. The summed E-state index contributed by atoms with van der Waals surface area (Å²) in [6, 6.07) is 0.586. The van der Waals surface area contributed by atoms with Gasteiger partial charge in [-0.05, 0) is 26.3 Å². The number of nitrogens with one attached hydrogen (secondary N) is 1. The van der Waals surface area contributed by atoms with E-state index in [0.29, 0.717) is 12.6 Å². The van der Waals surface area contributed by atoms with Gasteiger partial charge in [-0.1, -0.05) is 13.8 Å². The third-order valence-corrected chi connectivity index (χ3v) is 1.93. The molecule has 0 fully saturated rings. The van der Waals surface area contributed by atoms with Crippen LogP contribution in [-0.2, 0) is 9.47 Å². The highest BCUT2D eigenvalue weighted by molar-refractivity contribution is 4.53. The molecule has 0 aliphatic heterocycles. The first-order chi connectivity index (χ1) is 6.66. The summed E-state index contributed by atoms with van der Waals surface area (Å²) in [5.74, 6) is 0. The van der Waals surface area contributed by atoms with Crippen molar-refractivity contribution in [2.24, 2.45) is 0 Å². The third-order valence-electron chi connectivity index (χ3n) is 1.93. The highest BCUT2D eigenvalue weighted by Crippen LogP contribution is 1.95. The minimum absolute atomic E-state index is 0.220. The van der Waals surface area contributed by atoms with Gasteiger partial charge in [0.2, 0.25) is 0 Å². The first kappa shape index (κ1) is 13.9. The van der Waals surface area contributed by atoms with Crippen LogP contribution in [0.4, 0.5) is 0 Å². The molecule has 0 saturated carbocycles. The molecule has 0 amide bonds. The summed E-state index contributed by atoms with van der Waals surface area (Å²) in [5, 5.41) is 3.38. The minimum atomic E-state index is 0.220. The van der Waals surface area contributed by atoms with Gasteiger partial charge in [0.15, 0.2) is 0 Å². The lowest BCUT2D eigenvalue weighted by Crippen LogP contribution is -2.24. The molecule has 1 unspecified atom stereocenters. The smallest absolute Gasteiger partial charge is 0.0780 e. The highest BCUT2D eigenvalue weighted by Gasteiger charge is 1.99. The first-order valence-electron chi connectivity index (χ1n) is 5.50. The lowest BCUT2D eigenvalue weighted by atomic mass is 10.3. The van der Waals surface area contributed by atoms with Gasteiger partial charge in [-0.25, -0.2) is 0 Å². The van der Waals surface area contributed by atoms with E-state index in [1.807, 2.05) is 6.92 Å². The van der Waals surface area contributed by atoms with Crippen molar-refractivity contribution in [3.05, 3.63) is 0 Å². The largest absolute Gasteiger partial charge is 0.382 e. The van der Waals surface area contributed by atoms with Gasteiger partial charge in [0, 0.05) is 19.8 Å². The zero-order valence-electron chi connectivity index (χ0n) is 10.0. The second-order valence-corrected chi connectivity index (χ2v) is 3.95. The number of rotatable bonds is 9. The zero-order chi connectivity index (χ0) is 10.8. The van der Waals surface area contributed by atoms with Crippen molar-refractivity contribution < 1.29 is 9.47 Å². The van der Waals surface area contributed by atoms with Crippen molar-refractivity contribution in [1.82, 2.24) is 5.32 Å². The molecule has 0 rings (SSSR count). The lowest BCUT2D eigenvalue weighted by Gasteiger charge is -2.12. The van der Waals surface area contributed by atoms with E-state index in [1.165, 1.54) is 6.42 Å². The maximum Gasteiger partial charge on any atom is 0.0780 e. The molecule has 3 nitrogen and oxygen atoms in total. The van der Waals surface area contributed by atoms with Gasteiger partial charge >= 0.3 is 0 Å². The monoisotopic (exact) mass is 203 g/mol. The molecule has 1 N–H and O–H groups in total. The van der Waals surface area contributed by atoms with E-state index in [1.54, 1.807) is 7.11 Å². The van der Waals surface area contributed by atoms with Gasteiger partial charge < -0.3 is 14.8 Å². The van der Waals surface area contributed by atoms with Crippen molar-refractivity contribution in [3.63, 3.8) is 0 Å². The van der Waals surface area contributed by atoms with Crippen LogP contribution in [0.5, 0.6) is 0 Å². The van der Waals surface area contributed by atoms with Crippen molar-refractivity contribution in [2.45, 2.75) is 45.8 Å². The Balaban J connectivity index is 3.05. The average molecular weight is 203 g/mol. The number of hydrogen-bond donors (Lipinski definition) is 1. The Kier molecular flexibility index (Phi) is 9.35. The third kappa shape index (κ3) is 9.96. The molecule has 86 valence electrons. The summed E-state index contributed by atoms with van der Waals surface area (Å²) in [6.45, 7) is 8.97. The van der Waals surface area contributed by atoms with E-state index in [4.69, 9.17) is 9.47 Å². The molecule has 0 aliphatic carbocycles. The number of methoxy groups -OCH3 is 1. The van der Waals surface area contributed by atoms with E-state index in [-0.39, 0.29) is 6.10 Å². The summed E-state index contributed by atoms with van der Waals surface area (Å²) in [5.41, 5.74) is 0. The summed E-state index contributed by atoms with van der Waals surface area (Å²) >= 11 is 0. The number of ether oxygens (including phenoxy) is 2. The van der Waals surface area contributed by atoms with Crippen molar-refractivity contribution in [3.8, 4) is 0 Å². The molecular weight excluding hydrogens is 178 g/mol. The molecule has 0 aliphatic rings. The summed E-state index contributed by atoms with van der Waals surface area (Å²) < 4.78 is 10.5. The molecule has 0 radical (unpaired) electrons. The van der Waals surface area contributed by atoms with E-state index >= 15 is 0 Å². The summed E-state index contributed by atoms with van der Waals surface area (Å²) in [6.07, 6.45) is 2.52. The summed E-state index contributed by atoms with van der Waals surface area (Å²) in [7, 11) is 1.70. The molecule has 1 atom stereocenters. The maximum absolute atomic E-state index is 5.54. The Labute approximate surface area is 88.2 Å². The Hall–Kier alpha value is -0.120. The lowest BCUT2D eigenvalue weighted by molar-refractivity contribution is 0.00779. The van der Waals surface area contributed by atoms with Gasteiger partial charge in [-0.15, -0.1) is 0 Å². The van der Waals surface area contributed by atoms with Crippen LogP contribution in [0.3, 0.4) is 0 Å².